The second kappa shape index (κ2) is 6.54. The average molecular weight is 312 g/mol. The molecule has 0 saturated carbocycles. The van der Waals surface area contributed by atoms with Gasteiger partial charge in [-0.15, -0.1) is 34.4 Å². The van der Waals surface area contributed by atoms with Crippen LogP contribution in [0.5, 0.6) is 0 Å². The Morgan fingerprint density at radius 2 is 2.32 bits per heavy atom. The number of rotatable bonds is 5. The van der Waals surface area contributed by atoms with E-state index in [1.807, 2.05) is 31.5 Å². The van der Waals surface area contributed by atoms with Crippen molar-refractivity contribution in [2.24, 2.45) is 0 Å². The quantitative estimate of drug-likeness (QED) is 0.778. The number of hydrogen-bond donors (Lipinski definition) is 0. The Kier molecular flexibility index (Phi) is 5.01. The highest BCUT2D eigenvalue weighted by atomic mass is 32.2. The van der Waals surface area contributed by atoms with E-state index in [4.69, 9.17) is 0 Å². The van der Waals surface area contributed by atoms with Gasteiger partial charge in [-0.2, -0.15) is 0 Å². The normalized spacial score (nSPS) is 12.4. The second-order valence-electron chi connectivity index (χ2n) is 4.01. The maximum Gasteiger partial charge on any atom is 0.264 e. The third kappa shape index (κ3) is 3.38. The average Bonchev–Trinajstić information content (AvgIpc) is 3.07. The molecule has 2 rings (SSSR count). The molecule has 3 nitrogen and oxygen atoms in total. The van der Waals surface area contributed by atoms with Gasteiger partial charge in [0.05, 0.1) is 15.1 Å². The van der Waals surface area contributed by atoms with Crippen molar-refractivity contribution in [2.75, 3.05) is 12.8 Å². The number of nitrogens with zero attached hydrogens (tertiary/aromatic N) is 2. The van der Waals surface area contributed by atoms with Gasteiger partial charge in [0.2, 0.25) is 0 Å². The number of carbonyl (C=O) groups is 1. The summed E-state index contributed by atoms with van der Waals surface area (Å²) in [6, 6.07) is 3.95. The monoisotopic (exact) mass is 312 g/mol. The van der Waals surface area contributed by atoms with Crippen LogP contribution >= 0.6 is 34.4 Å². The van der Waals surface area contributed by atoms with Crippen LogP contribution in [0.1, 0.15) is 34.6 Å². The van der Waals surface area contributed by atoms with E-state index in [1.54, 1.807) is 45.5 Å². The number of amides is 1. The molecule has 19 heavy (non-hydrogen) atoms. The molecule has 0 fully saturated rings. The van der Waals surface area contributed by atoms with Crippen LogP contribution in [0.4, 0.5) is 0 Å². The van der Waals surface area contributed by atoms with Crippen LogP contribution in [0.25, 0.3) is 0 Å². The summed E-state index contributed by atoms with van der Waals surface area (Å²) >= 11 is 4.91. The number of thiazole rings is 1. The summed E-state index contributed by atoms with van der Waals surface area (Å²) in [7, 11) is 1.83. The van der Waals surface area contributed by atoms with Crippen LogP contribution in [-0.4, -0.2) is 28.6 Å². The van der Waals surface area contributed by atoms with Crippen LogP contribution in [-0.2, 0) is 0 Å². The molecular formula is C13H16N2OS3. The first-order valence-corrected chi connectivity index (χ1v) is 8.70. The summed E-state index contributed by atoms with van der Waals surface area (Å²) in [5, 5.41) is 2.90. The van der Waals surface area contributed by atoms with Crippen LogP contribution in [0, 0.1) is 0 Å². The molecule has 2 heterocycles. The van der Waals surface area contributed by atoms with Crippen molar-refractivity contribution in [3.63, 3.8) is 0 Å². The highest BCUT2D eigenvalue weighted by Crippen LogP contribution is 2.29. The van der Waals surface area contributed by atoms with Gasteiger partial charge in [-0.1, -0.05) is 6.92 Å². The molecule has 0 aliphatic carbocycles. The van der Waals surface area contributed by atoms with Crippen molar-refractivity contribution >= 4 is 40.3 Å². The Bertz CT molecular complexity index is 536. The standard InChI is InChI=1S/C13H16N2OS3/c1-4-17-11-6-5-10(19-11)13(16)15(3)9(2)12-14-7-8-18-12/h5-9H,4H2,1-3H3/t9-/m0/s1. The summed E-state index contributed by atoms with van der Waals surface area (Å²) in [6.07, 6.45) is 1.77. The lowest BCUT2D eigenvalue weighted by molar-refractivity contribution is 0.0747. The zero-order valence-corrected chi connectivity index (χ0v) is 13.6. The molecule has 0 aliphatic heterocycles. The molecule has 0 radical (unpaired) electrons. The zero-order chi connectivity index (χ0) is 13.8. The molecule has 0 N–H and O–H groups in total. The molecule has 2 aromatic rings. The van der Waals surface area contributed by atoms with Crippen molar-refractivity contribution in [3.8, 4) is 0 Å². The van der Waals surface area contributed by atoms with Crippen LogP contribution in [0.15, 0.2) is 27.9 Å². The Morgan fingerprint density at radius 1 is 1.53 bits per heavy atom. The Labute approximate surface area is 125 Å². The van der Waals surface area contributed by atoms with Gasteiger partial charge in [0.15, 0.2) is 0 Å². The van der Waals surface area contributed by atoms with Gasteiger partial charge in [-0.05, 0) is 24.8 Å². The van der Waals surface area contributed by atoms with Crippen LogP contribution in [0.3, 0.4) is 0 Å². The van der Waals surface area contributed by atoms with Crippen molar-refractivity contribution in [2.45, 2.75) is 24.1 Å². The predicted molar refractivity (Wildman–Crippen MR) is 83.3 cm³/mol. The van der Waals surface area contributed by atoms with E-state index in [9.17, 15) is 4.79 Å². The van der Waals surface area contributed by atoms with Gasteiger partial charge in [0.25, 0.3) is 5.91 Å². The van der Waals surface area contributed by atoms with Crippen molar-refractivity contribution < 1.29 is 4.79 Å². The molecule has 0 bridgehead atoms. The minimum atomic E-state index is 0.0110. The van der Waals surface area contributed by atoms with E-state index in [-0.39, 0.29) is 11.9 Å². The first-order chi connectivity index (χ1) is 9.13. The molecule has 0 aliphatic rings. The number of thioether (sulfide) groups is 1. The topological polar surface area (TPSA) is 33.2 Å². The molecule has 102 valence electrons. The lowest BCUT2D eigenvalue weighted by Crippen LogP contribution is -2.28. The Hall–Kier alpha value is -0.850. The van der Waals surface area contributed by atoms with Gasteiger partial charge in [0.1, 0.15) is 5.01 Å². The van der Waals surface area contributed by atoms with E-state index in [1.165, 1.54) is 4.21 Å². The highest BCUT2D eigenvalue weighted by molar-refractivity contribution is 8.01. The molecule has 0 saturated heterocycles. The fourth-order valence-corrected chi connectivity index (χ4v) is 4.38. The third-order valence-corrected chi connectivity index (χ3v) is 5.92. The minimum absolute atomic E-state index is 0.0110. The summed E-state index contributed by atoms with van der Waals surface area (Å²) in [4.78, 5) is 19.2. The second-order valence-corrected chi connectivity index (χ2v) is 7.59. The maximum atomic E-state index is 12.4. The van der Waals surface area contributed by atoms with E-state index in [0.717, 1.165) is 15.6 Å². The van der Waals surface area contributed by atoms with E-state index >= 15 is 0 Å². The predicted octanol–water partition coefficient (Wildman–Crippen LogP) is 4.15. The fraction of sp³-hybridized carbons (Fsp3) is 0.385. The molecule has 1 amide bonds. The van der Waals surface area contributed by atoms with Crippen LogP contribution < -0.4 is 0 Å². The molecule has 6 heteroatoms. The van der Waals surface area contributed by atoms with Crippen LogP contribution in [0.2, 0.25) is 0 Å². The molecule has 0 spiro atoms. The Morgan fingerprint density at radius 3 is 2.95 bits per heavy atom. The van der Waals surface area contributed by atoms with E-state index in [0.29, 0.717) is 0 Å². The van der Waals surface area contributed by atoms with Gasteiger partial charge >= 0.3 is 0 Å². The molecule has 0 aromatic carbocycles. The maximum absolute atomic E-state index is 12.4. The lowest BCUT2D eigenvalue weighted by atomic mass is 10.3. The summed E-state index contributed by atoms with van der Waals surface area (Å²) in [5.41, 5.74) is 0. The SMILES string of the molecule is CCSc1ccc(C(=O)N(C)[C@@H](C)c2nccs2)s1. The summed E-state index contributed by atoms with van der Waals surface area (Å²) in [6.45, 7) is 4.12. The number of hydrogen-bond acceptors (Lipinski definition) is 5. The van der Waals surface area contributed by atoms with E-state index in [2.05, 4.69) is 11.9 Å². The van der Waals surface area contributed by atoms with Gasteiger partial charge < -0.3 is 4.90 Å². The van der Waals surface area contributed by atoms with Crippen molar-refractivity contribution in [1.29, 1.82) is 0 Å². The third-order valence-electron chi connectivity index (χ3n) is 2.79. The summed E-state index contributed by atoms with van der Waals surface area (Å²) < 4.78 is 1.20. The fourth-order valence-electron chi connectivity index (χ4n) is 1.61. The highest BCUT2D eigenvalue weighted by Gasteiger charge is 2.21. The minimum Gasteiger partial charge on any atom is -0.332 e. The van der Waals surface area contributed by atoms with Gasteiger partial charge in [0, 0.05) is 18.6 Å². The van der Waals surface area contributed by atoms with Gasteiger partial charge in [-0.3, -0.25) is 4.79 Å². The smallest absolute Gasteiger partial charge is 0.264 e. The molecule has 1 atom stereocenters. The Balaban J connectivity index is 2.09. The number of carbonyl (C=O) groups excluding carboxylic acids is 1. The van der Waals surface area contributed by atoms with Crippen molar-refractivity contribution in [3.05, 3.63) is 33.6 Å². The molecular weight excluding hydrogens is 296 g/mol. The number of aromatic nitrogens is 1. The van der Waals surface area contributed by atoms with Gasteiger partial charge in [-0.25, -0.2) is 4.98 Å². The molecule has 2 aromatic heterocycles. The van der Waals surface area contributed by atoms with E-state index < -0.39 is 0 Å². The largest absolute Gasteiger partial charge is 0.332 e. The number of thiophene rings is 1. The first kappa shape index (κ1) is 14.6. The van der Waals surface area contributed by atoms with Crippen molar-refractivity contribution in [1.82, 2.24) is 9.88 Å². The summed E-state index contributed by atoms with van der Waals surface area (Å²) in [5.74, 6) is 1.09. The molecule has 0 unspecified atom stereocenters. The first-order valence-electron chi connectivity index (χ1n) is 6.02. The zero-order valence-electron chi connectivity index (χ0n) is 11.1. The lowest BCUT2D eigenvalue weighted by Gasteiger charge is -2.22.